The van der Waals surface area contributed by atoms with Crippen molar-refractivity contribution in [1.29, 1.82) is 0 Å². The van der Waals surface area contributed by atoms with Gasteiger partial charge in [0.2, 0.25) is 0 Å². The van der Waals surface area contributed by atoms with E-state index in [0.29, 0.717) is 31.0 Å². The van der Waals surface area contributed by atoms with Crippen LogP contribution in [0.25, 0.3) is 0 Å². The molecule has 1 saturated heterocycles. The average molecular weight is 443 g/mol. The van der Waals surface area contributed by atoms with Crippen LogP contribution in [0.3, 0.4) is 0 Å². The summed E-state index contributed by atoms with van der Waals surface area (Å²) in [5, 5.41) is 14.6. The summed E-state index contributed by atoms with van der Waals surface area (Å²) in [5.41, 5.74) is -0.939. The number of aliphatic hydroxyl groups is 1. The Morgan fingerprint density at radius 3 is 2.46 bits per heavy atom. The molecule has 1 aliphatic heterocycles. The van der Waals surface area contributed by atoms with E-state index in [4.69, 9.17) is 0 Å². The number of hydrogen-bond acceptors (Lipinski definition) is 3. The summed E-state index contributed by atoms with van der Waals surface area (Å²) in [6.07, 6.45) is 0.957. The number of benzene rings is 1. The second kappa shape index (κ2) is 10.5. The average Bonchev–Trinajstić information content (AvgIpc) is 3.07. The number of likely N-dealkylation sites (tertiary alicyclic amines) is 1. The monoisotopic (exact) mass is 442 g/mol. The maximum atomic E-state index is 13.2. The minimum absolute atomic E-state index is 0. The lowest BCUT2D eigenvalue weighted by Crippen LogP contribution is -2.44. The molecule has 2 aliphatic rings. The number of rotatable bonds is 5. The summed E-state index contributed by atoms with van der Waals surface area (Å²) in [5.74, 6) is -0.291. The summed E-state index contributed by atoms with van der Waals surface area (Å²) in [7, 11) is 1.94. The van der Waals surface area contributed by atoms with Crippen molar-refractivity contribution >= 4 is 24.8 Å². The van der Waals surface area contributed by atoms with Crippen LogP contribution in [0.2, 0.25) is 0 Å². The third-order valence-electron chi connectivity index (χ3n) is 6.11. The summed E-state index contributed by atoms with van der Waals surface area (Å²) >= 11 is 0. The first-order chi connectivity index (χ1) is 12.3. The molecule has 0 amide bonds. The molecule has 2 fully saturated rings. The maximum absolute atomic E-state index is 13.2. The van der Waals surface area contributed by atoms with Crippen LogP contribution in [-0.4, -0.2) is 48.3 Å². The summed E-state index contributed by atoms with van der Waals surface area (Å²) in [4.78, 5) is 2.28. The van der Waals surface area contributed by atoms with Gasteiger partial charge in [0, 0.05) is 25.0 Å². The lowest BCUT2D eigenvalue weighted by molar-refractivity contribution is -0.137. The van der Waals surface area contributed by atoms with Crippen LogP contribution in [0.5, 0.6) is 0 Å². The van der Waals surface area contributed by atoms with Crippen LogP contribution < -0.4 is 5.32 Å². The molecule has 162 valence electrons. The highest BCUT2D eigenvalue weighted by molar-refractivity contribution is 5.85. The maximum Gasteiger partial charge on any atom is 0.416 e. The Kier molecular flexibility index (Phi) is 9.55. The van der Waals surface area contributed by atoms with Crippen LogP contribution in [0.4, 0.5) is 13.2 Å². The predicted octanol–water partition coefficient (Wildman–Crippen LogP) is 4.62. The highest BCUT2D eigenvalue weighted by Crippen LogP contribution is 2.42. The molecule has 0 radical (unpaired) electrons. The molecule has 28 heavy (non-hydrogen) atoms. The lowest BCUT2D eigenvalue weighted by Gasteiger charge is -2.41. The van der Waals surface area contributed by atoms with Crippen molar-refractivity contribution < 1.29 is 18.3 Å². The van der Waals surface area contributed by atoms with Crippen LogP contribution in [0.1, 0.15) is 55.6 Å². The Labute approximate surface area is 177 Å². The quantitative estimate of drug-likeness (QED) is 0.697. The van der Waals surface area contributed by atoms with Crippen molar-refractivity contribution in [2.24, 2.45) is 0 Å². The zero-order valence-corrected chi connectivity index (χ0v) is 17.8. The molecule has 1 aromatic rings. The molecule has 1 aromatic carbocycles. The minimum Gasteiger partial charge on any atom is -0.389 e. The van der Waals surface area contributed by atoms with E-state index in [9.17, 15) is 18.3 Å². The highest BCUT2D eigenvalue weighted by Gasteiger charge is 2.41. The number of nitrogens with zero attached hydrogens (tertiary/aromatic N) is 1. The topological polar surface area (TPSA) is 35.5 Å². The minimum atomic E-state index is -4.36. The van der Waals surface area contributed by atoms with Gasteiger partial charge < -0.3 is 15.3 Å². The van der Waals surface area contributed by atoms with Crippen molar-refractivity contribution in [1.82, 2.24) is 10.2 Å². The predicted molar refractivity (Wildman–Crippen MR) is 111 cm³/mol. The first-order valence-electron chi connectivity index (χ1n) is 9.61. The molecule has 2 N–H and O–H groups in total. The van der Waals surface area contributed by atoms with Gasteiger partial charge in [-0.15, -0.1) is 24.8 Å². The van der Waals surface area contributed by atoms with Gasteiger partial charge in [0.25, 0.3) is 0 Å². The fourth-order valence-corrected chi connectivity index (χ4v) is 4.52. The molecule has 8 heteroatoms. The molecule has 1 heterocycles. The van der Waals surface area contributed by atoms with E-state index in [-0.39, 0.29) is 30.7 Å². The third-order valence-corrected chi connectivity index (χ3v) is 6.11. The van der Waals surface area contributed by atoms with E-state index >= 15 is 0 Å². The number of nitrogens with one attached hydrogen (secondary N) is 1. The van der Waals surface area contributed by atoms with Gasteiger partial charge in [-0.25, -0.2) is 0 Å². The van der Waals surface area contributed by atoms with Gasteiger partial charge >= 0.3 is 6.18 Å². The Hall–Kier alpha value is -0.530. The summed E-state index contributed by atoms with van der Waals surface area (Å²) < 4.78 is 39.6. The zero-order valence-electron chi connectivity index (χ0n) is 16.2. The molecule has 0 aromatic heterocycles. The third kappa shape index (κ3) is 5.99. The Balaban J connectivity index is 0.00000196. The number of alkyl halides is 3. The standard InChI is InChI=1S/C20H29F3N2O.2ClH/c1-24-17-8-11-25(13-17)14-18(19(26)9-3-2-4-10-19)15-6-5-7-16(12-15)20(21,22)23;;/h5-7,12,17-18,24,26H,2-4,8-11,13-14H2,1H3;2*1H/t17-,18?;;/m0../s1. The fourth-order valence-electron chi connectivity index (χ4n) is 4.52. The molecule has 1 saturated carbocycles. The van der Waals surface area contributed by atoms with Crippen molar-refractivity contribution in [2.45, 2.75) is 62.3 Å². The van der Waals surface area contributed by atoms with Gasteiger partial charge in [-0.05, 0) is 44.5 Å². The van der Waals surface area contributed by atoms with Crippen LogP contribution >= 0.6 is 24.8 Å². The zero-order chi connectivity index (χ0) is 18.8. The molecule has 1 aliphatic carbocycles. The summed E-state index contributed by atoms with van der Waals surface area (Å²) in [6.45, 7) is 2.40. The Bertz CT molecular complexity index is 609. The van der Waals surface area contributed by atoms with Crippen molar-refractivity contribution in [3.8, 4) is 0 Å². The Morgan fingerprint density at radius 1 is 1.21 bits per heavy atom. The lowest BCUT2D eigenvalue weighted by atomic mass is 9.72. The largest absolute Gasteiger partial charge is 0.416 e. The first kappa shape index (κ1) is 25.5. The molecule has 0 bridgehead atoms. The molecular weight excluding hydrogens is 412 g/mol. The van der Waals surface area contributed by atoms with Gasteiger partial charge in [0.05, 0.1) is 11.2 Å². The van der Waals surface area contributed by atoms with E-state index in [1.54, 1.807) is 6.07 Å². The number of halogens is 5. The second-order valence-corrected chi connectivity index (χ2v) is 7.87. The van der Waals surface area contributed by atoms with Gasteiger partial charge in [-0.3, -0.25) is 0 Å². The van der Waals surface area contributed by atoms with Gasteiger partial charge in [0.1, 0.15) is 0 Å². The van der Waals surface area contributed by atoms with Crippen molar-refractivity contribution in [3.63, 3.8) is 0 Å². The molecule has 3 nitrogen and oxygen atoms in total. The highest BCUT2D eigenvalue weighted by atomic mass is 35.5. The van der Waals surface area contributed by atoms with Crippen molar-refractivity contribution in [2.75, 3.05) is 26.7 Å². The molecular formula is C20H31Cl2F3N2O. The fraction of sp³-hybridized carbons (Fsp3) is 0.700. The number of likely N-dealkylation sites (N-methyl/N-ethyl adjacent to an activating group) is 1. The van der Waals surface area contributed by atoms with E-state index in [0.717, 1.165) is 44.8 Å². The second-order valence-electron chi connectivity index (χ2n) is 7.87. The van der Waals surface area contributed by atoms with Crippen LogP contribution in [0.15, 0.2) is 24.3 Å². The summed E-state index contributed by atoms with van der Waals surface area (Å²) in [6, 6.07) is 5.98. The van der Waals surface area contributed by atoms with E-state index in [1.165, 1.54) is 12.1 Å². The molecule has 2 atom stereocenters. The Morgan fingerprint density at radius 2 is 1.89 bits per heavy atom. The normalized spacial score (nSPS) is 23.5. The molecule has 0 spiro atoms. The van der Waals surface area contributed by atoms with E-state index in [2.05, 4.69) is 10.2 Å². The molecule has 3 rings (SSSR count). The van der Waals surface area contributed by atoms with E-state index in [1.807, 2.05) is 7.05 Å². The van der Waals surface area contributed by atoms with Crippen molar-refractivity contribution in [3.05, 3.63) is 35.4 Å². The smallest absolute Gasteiger partial charge is 0.389 e. The first-order valence-corrected chi connectivity index (χ1v) is 9.61. The molecule has 1 unspecified atom stereocenters. The van der Waals surface area contributed by atoms with E-state index < -0.39 is 17.3 Å². The van der Waals surface area contributed by atoms with Gasteiger partial charge in [-0.1, -0.05) is 37.5 Å². The number of hydrogen-bond donors (Lipinski definition) is 2. The SMILES string of the molecule is CN[C@H]1CCN(CC(c2cccc(C(F)(F)F)c2)C2(O)CCCCC2)C1.Cl.Cl. The van der Waals surface area contributed by atoms with Crippen LogP contribution in [0, 0.1) is 0 Å². The van der Waals surface area contributed by atoms with Gasteiger partial charge in [0.15, 0.2) is 0 Å². The van der Waals surface area contributed by atoms with Gasteiger partial charge in [-0.2, -0.15) is 13.2 Å². The van der Waals surface area contributed by atoms with Crippen LogP contribution in [-0.2, 0) is 6.18 Å².